The smallest absolute Gasteiger partial charge is 0.163 e. The molecule has 28 heavy (non-hydrogen) atoms. The first-order chi connectivity index (χ1) is 13.5. The van der Waals surface area contributed by atoms with Crippen molar-refractivity contribution in [3.63, 3.8) is 0 Å². The van der Waals surface area contributed by atoms with E-state index in [4.69, 9.17) is 0 Å². The van der Waals surface area contributed by atoms with E-state index in [0.29, 0.717) is 24.9 Å². The quantitative estimate of drug-likeness (QED) is 0.640. The molecule has 2 heterocycles. The lowest BCUT2D eigenvalue weighted by Gasteiger charge is -2.16. The van der Waals surface area contributed by atoms with Crippen LogP contribution in [0.15, 0.2) is 30.3 Å². The maximum atomic E-state index is 13.5. The lowest BCUT2D eigenvalue weighted by Crippen LogP contribution is -2.25. The molecule has 5 rings (SSSR count). The molecule has 0 bridgehead atoms. The predicted molar refractivity (Wildman–Crippen MR) is 108 cm³/mol. The van der Waals surface area contributed by atoms with Gasteiger partial charge >= 0.3 is 0 Å². The molecular weight excluding hydrogens is 355 g/mol. The zero-order valence-electron chi connectivity index (χ0n) is 16.0. The number of likely N-dealkylation sites (tertiary alicyclic amines) is 1. The summed E-state index contributed by atoms with van der Waals surface area (Å²) in [5.74, 6) is 0.240. The van der Waals surface area contributed by atoms with Gasteiger partial charge in [-0.05, 0) is 55.7 Å². The van der Waals surface area contributed by atoms with Gasteiger partial charge in [-0.3, -0.25) is 14.5 Å². The minimum absolute atomic E-state index is 0.0394. The number of benzene rings is 2. The molecule has 1 saturated heterocycles. The largest absolute Gasteiger partial charge is 0.339 e. The zero-order chi connectivity index (χ0) is 19.4. The molecule has 1 aliphatic heterocycles. The van der Waals surface area contributed by atoms with Crippen LogP contribution in [0, 0.1) is 0 Å². The van der Waals surface area contributed by atoms with Crippen LogP contribution in [-0.2, 0) is 13.0 Å². The lowest BCUT2D eigenvalue weighted by atomic mass is 10.0. The molecule has 1 fully saturated rings. The van der Waals surface area contributed by atoms with Crippen LogP contribution < -0.4 is 0 Å². The van der Waals surface area contributed by atoms with Gasteiger partial charge in [0, 0.05) is 65.5 Å². The molecule has 0 spiro atoms. The van der Waals surface area contributed by atoms with Crippen molar-refractivity contribution in [3.05, 3.63) is 47.0 Å². The first-order valence-electron chi connectivity index (χ1n) is 10.0. The van der Waals surface area contributed by atoms with E-state index in [-0.39, 0.29) is 11.6 Å². The average Bonchev–Trinajstić information content (AvgIpc) is 3.35. The molecule has 0 N–H and O–H groups in total. The van der Waals surface area contributed by atoms with Crippen molar-refractivity contribution in [2.24, 2.45) is 0 Å². The highest BCUT2D eigenvalue weighted by molar-refractivity contribution is 6.16. The van der Waals surface area contributed by atoms with Gasteiger partial charge in [-0.2, -0.15) is 0 Å². The molecule has 1 atom stereocenters. The summed E-state index contributed by atoms with van der Waals surface area (Å²) in [5.41, 5.74) is 4.79. The van der Waals surface area contributed by atoms with Gasteiger partial charge < -0.3 is 4.57 Å². The number of aryl methyl sites for hydroxylation is 1. The summed E-state index contributed by atoms with van der Waals surface area (Å²) in [6.45, 7) is 4.45. The summed E-state index contributed by atoms with van der Waals surface area (Å²) in [6.07, 6.45) is 1.21. The fraction of sp³-hybridized carbons (Fsp3) is 0.391. The van der Waals surface area contributed by atoms with Crippen LogP contribution in [0.25, 0.3) is 21.8 Å². The molecule has 0 amide bonds. The van der Waals surface area contributed by atoms with Crippen molar-refractivity contribution in [3.8, 4) is 0 Å². The fourth-order valence-corrected chi connectivity index (χ4v) is 4.85. The third kappa shape index (κ3) is 2.68. The first kappa shape index (κ1) is 17.6. The summed E-state index contributed by atoms with van der Waals surface area (Å²) in [7, 11) is 0. The Morgan fingerprint density at radius 3 is 2.71 bits per heavy atom. The summed E-state index contributed by atoms with van der Waals surface area (Å²) in [5, 5.41) is 2.14. The van der Waals surface area contributed by atoms with E-state index in [2.05, 4.69) is 9.47 Å². The maximum absolute atomic E-state index is 13.5. The van der Waals surface area contributed by atoms with Gasteiger partial charge in [0.1, 0.15) is 6.17 Å². The van der Waals surface area contributed by atoms with Crippen molar-refractivity contribution in [1.29, 1.82) is 0 Å². The molecular formula is C23H23FN2O2. The van der Waals surface area contributed by atoms with Crippen LogP contribution in [-0.4, -0.2) is 46.8 Å². The highest BCUT2D eigenvalue weighted by atomic mass is 19.1. The first-order valence-corrected chi connectivity index (χ1v) is 10.0. The Hall–Kier alpha value is -2.53. The molecule has 1 aromatic heterocycles. The number of carbonyl (C=O) groups is 2. The minimum Gasteiger partial charge on any atom is -0.339 e. The van der Waals surface area contributed by atoms with E-state index >= 15 is 0 Å². The van der Waals surface area contributed by atoms with Crippen LogP contribution in [0.1, 0.15) is 46.0 Å². The molecule has 0 saturated carbocycles. The normalized spacial score (nSPS) is 19.8. The summed E-state index contributed by atoms with van der Waals surface area (Å²) < 4.78 is 15.8. The minimum atomic E-state index is -0.717. The molecule has 1 aliphatic carbocycles. The van der Waals surface area contributed by atoms with Crippen molar-refractivity contribution in [1.82, 2.24) is 9.47 Å². The number of Topliss-reactive ketones (excluding diaryl/α,β-unsaturated/α-hetero) is 2. The second-order valence-electron chi connectivity index (χ2n) is 8.04. The van der Waals surface area contributed by atoms with E-state index in [9.17, 15) is 14.0 Å². The molecule has 4 nitrogen and oxygen atoms in total. The Kier molecular flexibility index (Phi) is 4.09. The Morgan fingerprint density at radius 1 is 1.14 bits per heavy atom. The molecule has 144 valence electrons. The second-order valence-corrected chi connectivity index (χ2v) is 8.04. The molecule has 3 aromatic rings. The predicted octanol–water partition coefficient (Wildman–Crippen LogP) is 4.17. The van der Waals surface area contributed by atoms with Gasteiger partial charge in [-0.25, -0.2) is 4.39 Å². The van der Waals surface area contributed by atoms with Crippen molar-refractivity contribution in [2.75, 3.05) is 19.6 Å². The van der Waals surface area contributed by atoms with E-state index in [1.807, 2.05) is 30.3 Å². The highest BCUT2D eigenvalue weighted by Gasteiger charge is 2.26. The van der Waals surface area contributed by atoms with Crippen LogP contribution in [0.4, 0.5) is 4.39 Å². The number of ketones is 2. The Balaban J connectivity index is 1.67. The lowest BCUT2D eigenvalue weighted by molar-refractivity contribution is 0.0991. The number of halogens is 1. The number of aromatic nitrogens is 1. The van der Waals surface area contributed by atoms with Crippen LogP contribution in [0.5, 0.6) is 0 Å². The molecule has 5 heteroatoms. The van der Waals surface area contributed by atoms with E-state index < -0.39 is 6.17 Å². The maximum Gasteiger partial charge on any atom is 0.163 e. The zero-order valence-corrected chi connectivity index (χ0v) is 16.0. The number of nitrogens with zero attached hydrogens (tertiary/aromatic N) is 2. The number of hydrogen-bond acceptors (Lipinski definition) is 3. The van der Waals surface area contributed by atoms with E-state index in [1.165, 1.54) is 0 Å². The van der Waals surface area contributed by atoms with Gasteiger partial charge in [0.25, 0.3) is 0 Å². The summed E-state index contributed by atoms with van der Waals surface area (Å²) >= 11 is 0. The Labute approximate surface area is 162 Å². The number of hydrogen-bond donors (Lipinski definition) is 0. The van der Waals surface area contributed by atoms with E-state index in [0.717, 1.165) is 59.0 Å². The molecule has 2 aromatic carbocycles. The highest BCUT2D eigenvalue weighted by Crippen LogP contribution is 2.37. The third-order valence-electron chi connectivity index (χ3n) is 6.30. The van der Waals surface area contributed by atoms with Crippen LogP contribution >= 0.6 is 0 Å². The number of fused-ring (bicyclic) bond motifs is 5. The summed E-state index contributed by atoms with van der Waals surface area (Å²) in [6, 6.07) is 9.83. The monoisotopic (exact) mass is 378 g/mol. The standard InChI is InChI=1S/C23H23FN2O2/c1-14(27)15-2-5-20-19(12-15)23-18-4-7-22(28)17(18)3-6-21(23)26(20)11-10-25-9-8-16(24)13-25/h2-3,5-6,12,16H,4,7-11,13H2,1H3/t16-/m1/s1. The Morgan fingerprint density at radius 2 is 1.96 bits per heavy atom. The van der Waals surface area contributed by atoms with Crippen molar-refractivity contribution >= 4 is 33.4 Å². The number of alkyl halides is 1. The van der Waals surface area contributed by atoms with Crippen LogP contribution in [0.3, 0.4) is 0 Å². The van der Waals surface area contributed by atoms with Crippen molar-refractivity contribution in [2.45, 2.75) is 38.9 Å². The SMILES string of the molecule is CC(=O)c1ccc2c(c1)c1c3c(ccc1n2CCN1CC[C@@H](F)C1)C(=O)CC3. The second kappa shape index (κ2) is 6.52. The number of rotatable bonds is 4. The van der Waals surface area contributed by atoms with Gasteiger partial charge in [0.2, 0.25) is 0 Å². The summed E-state index contributed by atoms with van der Waals surface area (Å²) in [4.78, 5) is 26.4. The Bertz CT molecular complexity index is 1130. The van der Waals surface area contributed by atoms with Gasteiger partial charge in [0.15, 0.2) is 11.6 Å². The van der Waals surface area contributed by atoms with Crippen molar-refractivity contribution < 1.29 is 14.0 Å². The third-order valence-corrected chi connectivity index (χ3v) is 6.30. The molecule has 0 radical (unpaired) electrons. The fourth-order valence-electron chi connectivity index (χ4n) is 4.85. The number of carbonyl (C=O) groups excluding carboxylic acids is 2. The van der Waals surface area contributed by atoms with Gasteiger partial charge in [-0.15, -0.1) is 0 Å². The van der Waals surface area contributed by atoms with Crippen LogP contribution in [0.2, 0.25) is 0 Å². The van der Waals surface area contributed by atoms with Gasteiger partial charge in [-0.1, -0.05) is 0 Å². The molecule has 2 aliphatic rings. The topological polar surface area (TPSA) is 42.3 Å². The average molecular weight is 378 g/mol. The van der Waals surface area contributed by atoms with Gasteiger partial charge in [0.05, 0.1) is 0 Å². The molecule has 0 unspecified atom stereocenters. The van der Waals surface area contributed by atoms with E-state index in [1.54, 1.807) is 6.92 Å².